The van der Waals surface area contributed by atoms with Gasteiger partial charge in [0, 0.05) is 37.4 Å². The lowest BCUT2D eigenvalue weighted by Gasteiger charge is -2.55. The Hall–Kier alpha value is -2.28. The number of methoxy groups -OCH3 is 1. The first kappa shape index (κ1) is 17.8. The summed E-state index contributed by atoms with van der Waals surface area (Å²) in [6.45, 7) is 2.60. The summed E-state index contributed by atoms with van der Waals surface area (Å²) in [6.07, 6.45) is 3.43. The van der Waals surface area contributed by atoms with E-state index in [9.17, 15) is 9.59 Å². The molecule has 2 bridgehead atoms. The van der Waals surface area contributed by atoms with Gasteiger partial charge in [-0.15, -0.1) is 0 Å². The largest absolute Gasteiger partial charge is 0.497 e. The number of hydrogen-bond acceptors (Lipinski definition) is 5. The molecule has 3 saturated carbocycles. The van der Waals surface area contributed by atoms with E-state index in [1.807, 2.05) is 4.90 Å². The van der Waals surface area contributed by atoms with E-state index >= 15 is 0 Å². The molecule has 5 aliphatic rings. The lowest BCUT2D eigenvalue weighted by Crippen LogP contribution is -2.67. The van der Waals surface area contributed by atoms with E-state index in [0.29, 0.717) is 49.8 Å². The number of carbonyl (C=O) groups excluding carboxylic acids is 2. The van der Waals surface area contributed by atoms with Gasteiger partial charge in [0.2, 0.25) is 5.91 Å². The summed E-state index contributed by atoms with van der Waals surface area (Å²) in [5.74, 6) is 1.78. The van der Waals surface area contributed by atoms with Crippen molar-refractivity contribution in [3.8, 4) is 11.5 Å². The molecule has 7 heteroatoms. The highest BCUT2D eigenvalue weighted by atomic mass is 16.5. The Labute approximate surface area is 164 Å². The number of hydrogen-bond donors (Lipinski definition) is 1. The van der Waals surface area contributed by atoms with Crippen molar-refractivity contribution in [2.45, 2.75) is 31.4 Å². The summed E-state index contributed by atoms with van der Waals surface area (Å²) in [7, 11) is 1.60. The highest BCUT2D eigenvalue weighted by Crippen LogP contribution is 2.53. The monoisotopic (exact) mass is 386 g/mol. The molecule has 1 spiro atoms. The van der Waals surface area contributed by atoms with E-state index in [2.05, 4.69) is 5.32 Å². The minimum absolute atomic E-state index is 0.0229. The van der Waals surface area contributed by atoms with Crippen LogP contribution in [0.15, 0.2) is 18.2 Å². The molecule has 6 rings (SSSR count). The number of morpholine rings is 1. The highest BCUT2D eigenvalue weighted by molar-refractivity contribution is 5.98. The maximum Gasteiger partial charge on any atom is 0.258 e. The van der Waals surface area contributed by atoms with Gasteiger partial charge in [0.25, 0.3) is 5.91 Å². The van der Waals surface area contributed by atoms with E-state index in [1.165, 1.54) is 0 Å². The van der Waals surface area contributed by atoms with Crippen molar-refractivity contribution in [2.24, 2.45) is 17.8 Å². The fourth-order valence-electron chi connectivity index (χ4n) is 5.44. The zero-order valence-corrected chi connectivity index (χ0v) is 16.1. The minimum atomic E-state index is -0.707. The summed E-state index contributed by atoms with van der Waals surface area (Å²) in [5.41, 5.74) is -0.171. The van der Waals surface area contributed by atoms with Gasteiger partial charge in [-0.2, -0.15) is 0 Å². The van der Waals surface area contributed by atoms with Gasteiger partial charge in [-0.3, -0.25) is 9.59 Å². The molecule has 2 amide bonds. The van der Waals surface area contributed by atoms with Crippen LogP contribution in [0.1, 0.15) is 36.0 Å². The van der Waals surface area contributed by atoms with Crippen LogP contribution in [0.25, 0.3) is 0 Å². The number of nitrogens with zero attached hydrogens (tertiary/aromatic N) is 1. The van der Waals surface area contributed by atoms with Crippen LogP contribution in [0.4, 0.5) is 0 Å². The van der Waals surface area contributed by atoms with Gasteiger partial charge in [-0.25, -0.2) is 0 Å². The Morgan fingerprint density at radius 1 is 1.29 bits per heavy atom. The van der Waals surface area contributed by atoms with E-state index < -0.39 is 5.72 Å². The van der Waals surface area contributed by atoms with Gasteiger partial charge in [0.05, 0.1) is 25.9 Å². The molecule has 4 atom stereocenters. The molecule has 150 valence electrons. The summed E-state index contributed by atoms with van der Waals surface area (Å²) in [4.78, 5) is 27.8. The molecule has 28 heavy (non-hydrogen) atoms. The standard InChI is InChI=1S/C21H26N2O5/c1-26-15-4-5-16-18(11-15)28-21(22-19(16)24)12-13-2-3-14(21)10-17(13)20(25)23-6-8-27-9-7-23/h4-5,11,13-14,17H,2-3,6-10,12H2,1H3,(H,22,24)/t13-,14+,17+,21+/m1/s1. The smallest absolute Gasteiger partial charge is 0.258 e. The van der Waals surface area contributed by atoms with E-state index in [-0.39, 0.29) is 29.6 Å². The third-order valence-corrected chi connectivity index (χ3v) is 6.91. The number of nitrogens with one attached hydrogen (secondary N) is 1. The van der Waals surface area contributed by atoms with Crippen molar-refractivity contribution < 1.29 is 23.8 Å². The maximum absolute atomic E-state index is 13.1. The van der Waals surface area contributed by atoms with Crippen molar-refractivity contribution in [2.75, 3.05) is 33.4 Å². The Balaban J connectivity index is 1.38. The molecule has 2 heterocycles. The Bertz CT molecular complexity index is 806. The second kappa shape index (κ2) is 6.65. The average Bonchev–Trinajstić information content (AvgIpc) is 2.73. The molecular formula is C21H26N2O5. The molecule has 1 saturated heterocycles. The molecule has 4 fully saturated rings. The molecule has 7 nitrogen and oxygen atoms in total. The van der Waals surface area contributed by atoms with E-state index in [4.69, 9.17) is 14.2 Å². The molecular weight excluding hydrogens is 360 g/mol. The van der Waals surface area contributed by atoms with Crippen LogP contribution in [0.3, 0.4) is 0 Å². The summed E-state index contributed by atoms with van der Waals surface area (Å²) >= 11 is 0. The third kappa shape index (κ3) is 2.75. The molecule has 0 radical (unpaired) electrons. The first-order valence-corrected chi connectivity index (χ1v) is 10.2. The second-order valence-corrected chi connectivity index (χ2v) is 8.33. The van der Waals surface area contributed by atoms with Gasteiger partial charge >= 0.3 is 0 Å². The Morgan fingerprint density at radius 3 is 2.82 bits per heavy atom. The van der Waals surface area contributed by atoms with Gasteiger partial charge in [0.1, 0.15) is 11.5 Å². The lowest BCUT2D eigenvalue weighted by molar-refractivity contribution is -0.158. The van der Waals surface area contributed by atoms with Gasteiger partial charge in [-0.1, -0.05) is 0 Å². The number of ether oxygens (including phenoxy) is 3. The normalized spacial score (nSPS) is 33.8. The first-order chi connectivity index (χ1) is 13.6. The molecule has 2 aliphatic heterocycles. The Kier molecular flexibility index (Phi) is 4.23. The van der Waals surface area contributed by atoms with Crippen LogP contribution in [-0.2, 0) is 9.53 Å². The van der Waals surface area contributed by atoms with Crippen molar-refractivity contribution in [1.29, 1.82) is 0 Å². The molecule has 1 aromatic carbocycles. The average molecular weight is 386 g/mol. The number of rotatable bonds is 2. The maximum atomic E-state index is 13.1. The van der Waals surface area contributed by atoms with Gasteiger partial charge in [0.15, 0.2) is 5.72 Å². The van der Waals surface area contributed by atoms with Crippen LogP contribution in [-0.4, -0.2) is 55.9 Å². The zero-order chi connectivity index (χ0) is 19.3. The summed E-state index contributed by atoms with van der Waals surface area (Å²) < 4.78 is 17.1. The van der Waals surface area contributed by atoms with Crippen LogP contribution in [0.2, 0.25) is 0 Å². The quantitative estimate of drug-likeness (QED) is 0.839. The molecule has 0 aromatic heterocycles. The molecule has 1 aromatic rings. The summed E-state index contributed by atoms with van der Waals surface area (Å²) in [6, 6.07) is 5.29. The topological polar surface area (TPSA) is 77.1 Å². The first-order valence-electron chi connectivity index (χ1n) is 10.2. The van der Waals surface area contributed by atoms with E-state index in [1.54, 1.807) is 25.3 Å². The highest BCUT2D eigenvalue weighted by Gasteiger charge is 2.57. The van der Waals surface area contributed by atoms with Crippen molar-refractivity contribution in [3.63, 3.8) is 0 Å². The number of amides is 2. The van der Waals surface area contributed by atoms with Gasteiger partial charge in [-0.05, 0) is 37.3 Å². The molecule has 3 aliphatic carbocycles. The molecule has 1 N–H and O–H groups in total. The van der Waals surface area contributed by atoms with Crippen LogP contribution in [0.5, 0.6) is 11.5 Å². The zero-order valence-electron chi connectivity index (χ0n) is 16.1. The van der Waals surface area contributed by atoms with Crippen molar-refractivity contribution in [3.05, 3.63) is 23.8 Å². The van der Waals surface area contributed by atoms with Crippen LogP contribution >= 0.6 is 0 Å². The fraction of sp³-hybridized carbons (Fsp3) is 0.619. The lowest BCUT2D eigenvalue weighted by atomic mass is 9.59. The number of fused-ring (bicyclic) bond motifs is 3. The molecule has 0 unspecified atom stereocenters. The van der Waals surface area contributed by atoms with Crippen LogP contribution < -0.4 is 14.8 Å². The number of benzene rings is 1. The minimum Gasteiger partial charge on any atom is -0.497 e. The Morgan fingerprint density at radius 2 is 2.11 bits per heavy atom. The van der Waals surface area contributed by atoms with Crippen LogP contribution in [0, 0.1) is 17.8 Å². The predicted molar refractivity (Wildman–Crippen MR) is 100 cm³/mol. The van der Waals surface area contributed by atoms with Crippen molar-refractivity contribution >= 4 is 11.8 Å². The second-order valence-electron chi connectivity index (χ2n) is 8.33. The number of carbonyl (C=O) groups is 2. The predicted octanol–water partition coefficient (Wildman–Crippen LogP) is 1.81. The SMILES string of the molecule is COc1ccc2c(c1)O[C@]1(C[C@H]3CC[C@H]1C[C@@H]3C(=O)N1CCOCC1)NC2=O. The third-order valence-electron chi connectivity index (χ3n) is 6.91. The fourth-order valence-corrected chi connectivity index (χ4v) is 5.44. The van der Waals surface area contributed by atoms with Gasteiger partial charge < -0.3 is 24.4 Å². The van der Waals surface area contributed by atoms with Crippen molar-refractivity contribution in [1.82, 2.24) is 10.2 Å². The van der Waals surface area contributed by atoms with E-state index in [0.717, 1.165) is 19.3 Å². The summed E-state index contributed by atoms with van der Waals surface area (Å²) in [5, 5.41) is 3.15.